The number of nitrogens with zero attached hydrogens (tertiary/aromatic N) is 3. The molecule has 2 rings (SSSR count). The van der Waals surface area contributed by atoms with Crippen LogP contribution in [-0.2, 0) is 0 Å². The predicted molar refractivity (Wildman–Crippen MR) is 81.2 cm³/mol. The molecule has 0 aromatic carbocycles. The van der Waals surface area contributed by atoms with Gasteiger partial charge < -0.3 is 15.8 Å². The van der Waals surface area contributed by atoms with Gasteiger partial charge in [0.05, 0.1) is 5.69 Å². The smallest absolute Gasteiger partial charge is 0.190 e. The van der Waals surface area contributed by atoms with Crippen LogP contribution in [0.5, 0.6) is 0 Å². The highest BCUT2D eigenvalue weighted by Crippen LogP contribution is 2.37. The molecule has 1 fully saturated rings. The fourth-order valence-electron chi connectivity index (χ4n) is 2.89. The average molecular weight is 276 g/mol. The van der Waals surface area contributed by atoms with Gasteiger partial charge in [0.2, 0.25) is 0 Å². The minimum absolute atomic E-state index is 0.0589. The molecule has 0 bridgehead atoms. The molecule has 1 saturated carbocycles. The molecule has 5 nitrogen and oxygen atoms in total. The van der Waals surface area contributed by atoms with E-state index in [9.17, 15) is 0 Å². The number of rotatable bonds is 3. The summed E-state index contributed by atoms with van der Waals surface area (Å²) in [6, 6.07) is 4.34. The molecule has 0 unspecified atom stereocenters. The fraction of sp³-hybridized carbons (Fsp3) is 0.600. The number of pyridine rings is 1. The van der Waals surface area contributed by atoms with Crippen LogP contribution in [0.25, 0.3) is 0 Å². The largest absolute Gasteiger partial charge is 0.409 e. The Morgan fingerprint density at radius 2 is 2.10 bits per heavy atom. The van der Waals surface area contributed by atoms with E-state index in [-0.39, 0.29) is 5.84 Å². The van der Waals surface area contributed by atoms with Crippen LogP contribution in [0.1, 0.15) is 45.2 Å². The third kappa shape index (κ3) is 3.03. The number of hydrogen-bond donors (Lipinski definition) is 2. The van der Waals surface area contributed by atoms with E-state index < -0.39 is 0 Å². The summed E-state index contributed by atoms with van der Waals surface area (Å²) in [5.74, 6) is 0.0589. The second-order valence-electron chi connectivity index (χ2n) is 6.36. The Hall–Kier alpha value is -1.78. The summed E-state index contributed by atoms with van der Waals surface area (Å²) in [6.07, 6.45) is 6.43. The first-order valence-corrected chi connectivity index (χ1v) is 7.10. The maximum atomic E-state index is 8.88. The van der Waals surface area contributed by atoms with Crippen LogP contribution < -0.4 is 10.6 Å². The lowest BCUT2D eigenvalue weighted by molar-refractivity contribution is 0.222. The van der Waals surface area contributed by atoms with Gasteiger partial charge in [-0.15, -0.1) is 0 Å². The van der Waals surface area contributed by atoms with E-state index >= 15 is 0 Å². The zero-order valence-corrected chi connectivity index (χ0v) is 12.5. The van der Waals surface area contributed by atoms with Crippen LogP contribution in [0.4, 0.5) is 5.69 Å². The van der Waals surface area contributed by atoms with Gasteiger partial charge >= 0.3 is 0 Å². The molecule has 20 heavy (non-hydrogen) atoms. The Morgan fingerprint density at radius 3 is 2.70 bits per heavy atom. The van der Waals surface area contributed by atoms with Gasteiger partial charge in [0, 0.05) is 19.3 Å². The van der Waals surface area contributed by atoms with E-state index in [4.69, 9.17) is 10.9 Å². The standard InChI is InChI=1S/C15H24N4O/c1-15(2)8-6-11(7-9-15)19(3)12-5-4-10-17-13(12)14(16)18-20/h4-5,10-11,20H,6-9H2,1-3H3,(H2,16,18). The zero-order chi connectivity index (χ0) is 14.8. The SMILES string of the molecule is CN(c1cccnc1/C(N)=N/O)C1CCC(C)(C)CC1. The molecule has 0 atom stereocenters. The molecular weight excluding hydrogens is 252 g/mol. The molecule has 1 aliphatic carbocycles. The Morgan fingerprint density at radius 1 is 1.45 bits per heavy atom. The van der Waals surface area contributed by atoms with E-state index in [1.807, 2.05) is 12.1 Å². The van der Waals surface area contributed by atoms with Gasteiger partial charge in [0.25, 0.3) is 0 Å². The van der Waals surface area contributed by atoms with Crippen molar-refractivity contribution < 1.29 is 5.21 Å². The number of nitrogens with two attached hydrogens (primary N) is 1. The highest BCUT2D eigenvalue weighted by atomic mass is 16.4. The Balaban J connectivity index is 2.20. The normalized spacial score (nSPS) is 19.9. The molecule has 5 heteroatoms. The summed E-state index contributed by atoms with van der Waals surface area (Å²) in [5.41, 5.74) is 7.63. The minimum Gasteiger partial charge on any atom is -0.409 e. The molecule has 3 N–H and O–H groups in total. The van der Waals surface area contributed by atoms with Crippen molar-refractivity contribution in [2.45, 2.75) is 45.6 Å². The van der Waals surface area contributed by atoms with Crippen LogP contribution in [0.3, 0.4) is 0 Å². The zero-order valence-electron chi connectivity index (χ0n) is 12.5. The summed E-state index contributed by atoms with van der Waals surface area (Å²) in [4.78, 5) is 6.45. The van der Waals surface area contributed by atoms with E-state index in [1.165, 1.54) is 12.8 Å². The lowest BCUT2D eigenvalue weighted by Gasteiger charge is -2.39. The predicted octanol–water partition coefficient (Wildman–Crippen LogP) is 2.58. The van der Waals surface area contributed by atoms with Crippen LogP contribution in [-0.4, -0.2) is 29.1 Å². The summed E-state index contributed by atoms with van der Waals surface area (Å²) >= 11 is 0. The summed E-state index contributed by atoms with van der Waals surface area (Å²) in [7, 11) is 2.06. The van der Waals surface area contributed by atoms with Crippen LogP contribution in [0, 0.1) is 5.41 Å². The monoisotopic (exact) mass is 276 g/mol. The van der Waals surface area contributed by atoms with E-state index in [0.29, 0.717) is 17.2 Å². The van der Waals surface area contributed by atoms with Crippen molar-refractivity contribution in [2.24, 2.45) is 16.3 Å². The van der Waals surface area contributed by atoms with E-state index in [0.717, 1.165) is 18.5 Å². The molecule has 1 heterocycles. The summed E-state index contributed by atoms with van der Waals surface area (Å²) in [6.45, 7) is 4.66. The molecule has 0 amide bonds. The third-order valence-corrected chi connectivity index (χ3v) is 4.37. The van der Waals surface area contributed by atoms with Gasteiger partial charge in [-0.3, -0.25) is 4.98 Å². The first-order valence-electron chi connectivity index (χ1n) is 7.10. The molecule has 0 spiro atoms. The van der Waals surface area contributed by atoms with Gasteiger partial charge in [-0.2, -0.15) is 0 Å². The molecule has 0 saturated heterocycles. The number of anilines is 1. The molecule has 0 aliphatic heterocycles. The van der Waals surface area contributed by atoms with E-state index in [2.05, 4.69) is 35.9 Å². The van der Waals surface area contributed by atoms with Crippen LogP contribution >= 0.6 is 0 Å². The van der Waals surface area contributed by atoms with Crippen molar-refractivity contribution in [3.8, 4) is 0 Å². The Labute approximate surface area is 120 Å². The lowest BCUT2D eigenvalue weighted by Crippen LogP contribution is -2.38. The van der Waals surface area contributed by atoms with Crippen molar-refractivity contribution in [3.05, 3.63) is 24.0 Å². The number of oxime groups is 1. The highest BCUT2D eigenvalue weighted by molar-refractivity contribution is 6.00. The number of aromatic nitrogens is 1. The molecule has 110 valence electrons. The second-order valence-corrected chi connectivity index (χ2v) is 6.36. The Bertz CT molecular complexity index is 488. The first kappa shape index (κ1) is 14.6. The van der Waals surface area contributed by atoms with Crippen molar-refractivity contribution >= 4 is 11.5 Å². The molecular formula is C15H24N4O. The van der Waals surface area contributed by atoms with Crippen LogP contribution in [0.15, 0.2) is 23.5 Å². The number of amidine groups is 1. The van der Waals surface area contributed by atoms with Crippen LogP contribution in [0.2, 0.25) is 0 Å². The fourth-order valence-corrected chi connectivity index (χ4v) is 2.89. The molecule has 0 radical (unpaired) electrons. The molecule has 1 aliphatic rings. The summed E-state index contributed by atoms with van der Waals surface area (Å²) < 4.78 is 0. The van der Waals surface area contributed by atoms with E-state index in [1.54, 1.807) is 6.20 Å². The second kappa shape index (κ2) is 5.69. The molecule has 1 aromatic rings. The highest BCUT2D eigenvalue weighted by Gasteiger charge is 2.29. The number of hydrogen-bond acceptors (Lipinski definition) is 4. The minimum atomic E-state index is 0.0589. The molecule has 1 aromatic heterocycles. The Kier molecular flexibility index (Phi) is 4.16. The van der Waals surface area contributed by atoms with Gasteiger partial charge in [-0.05, 0) is 43.2 Å². The van der Waals surface area contributed by atoms with Crippen molar-refractivity contribution in [3.63, 3.8) is 0 Å². The van der Waals surface area contributed by atoms with Gasteiger partial charge in [0.1, 0.15) is 5.69 Å². The lowest BCUT2D eigenvalue weighted by atomic mass is 9.75. The van der Waals surface area contributed by atoms with Gasteiger partial charge in [0.15, 0.2) is 5.84 Å². The van der Waals surface area contributed by atoms with Crippen molar-refractivity contribution in [1.29, 1.82) is 0 Å². The maximum Gasteiger partial charge on any atom is 0.190 e. The third-order valence-electron chi connectivity index (χ3n) is 4.37. The maximum absolute atomic E-state index is 8.88. The quantitative estimate of drug-likeness (QED) is 0.385. The first-order chi connectivity index (χ1) is 9.44. The average Bonchev–Trinajstić information content (AvgIpc) is 2.45. The van der Waals surface area contributed by atoms with Crippen molar-refractivity contribution in [1.82, 2.24) is 4.98 Å². The topological polar surface area (TPSA) is 74.7 Å². The van der Waals surface area contributed by atoms with Gasteiger partial charge in [-0.1, -0.05) is 19.0 Å². The van der Waals surface area contributed by atoms with Crippen molar-refractivity contribution in [2.75, 3.05) is 11.9 Å². The van der Waals surface area contributed by atoms with Gasteiger partial charge in [-0.25, -0.2) is 0 Å². The summed E-state index contributed by atoms with van der Waals surface area (Å²) in [5, 5.41) is 12.0.